The predicted molar refractivity (Wildman–Crippen MR) is 161 cm³/mol. The van der Waals surface area contributed by atoms with Crippen LogP contribution in [0.15, 0.2) is 42.6 Å². The van der Waals surface area contributed by atoms with E-state index in [9.17, 15) is 28.7 Å². The van der Waals surface area contributed by atoms with Gasteiger partial charge in [-0.25, -0.2) is 9.18 Å². The number of carboxylic acid groups (broad SMARTS) is 3. The number of aliphatic hydroxyl groups is 2. The molecule has 1 aromatic carbocycles. The molecule has 5 N–H and O–H groups in total. The Balaban J connectivity index is 0.000000376. The predicted octanol–water partition coefficient (Wildman–Crippen LogP) is 1.88. The Hall–Kier alpha value is -3.98. The second kappa shape index (κ2) is 15.1. The first-order chi connectivity index (χ1) is 21.4. The molecule has 1 fully saturated rings. The largest absolute Gasteiger partial charge is 0.481 e. The van der Waals surface area contributed by atoms with Gasteiger partial charge in [0.05, 0.1) is 36.6 Å². The fourth-order valence-corrected chi connectivity index (χ4v) is 5.90. The van der Waals surface area contributed by atoms with Gasteiger partial charge in [0.2, 0.25) is 5.91 Å². The molecule has 1 saturated heterocycles. The lowest BCUT2D eigenvalue weighted by atomic mass is 9.83. The summed E-state index contributed by atoms with van der Waals surface area (Å²) in [5.74, 6) is -5.50. The summed E-state index contributed by atoms with van der Waals surface area (Å²) < 4.78 is 20.1. The van der Waals surface area contributed by atoms with Gasteiger partial charge in [-0.1, -0.05) is 12.1 Å². The highest BCUT2D eigenvalue weighted by Crippen LogP contribution is 2.44. The number of likely N-dealkylation sites (N-methyl/N-ethyl adjacent to an activating group) is 1. The number of halogens is 1. The number of carbonyl (C=O) groups excluding carboxylic acids is 1. The molecule has 0 bridgehead atoms. The van der Waals surface area contributed by atoms with Crippen LogP contribution in [-0.2, 0) is 42.5 Å². The van der Waals surface area contributed by atoms with Gasteiger partial charge in [0.25, 0.3) is 0 Å². The van der Waals surface area contributed by atoms with Crippen molar-refractivity contribution < 1.29 is 53.8 Å². The Morgan fingerprint density at radius 2 is 1.67 bits per heavy atom. The number of pyridine rings is 1. The van der Waals surface area contributed by atoms with Gasteiger partial charge < -0.3 is 40.1 Å². The van der Waals surface area contributed by atoms with Crippen molar-refractivity contribution in [2.75, 3.05) is 33.2 Å². The number of rotatable bonds is 12. The van der Waals surface area contributed by atoms with Crippen LogP contribution < -0.4 is 0 Å². The molecule has 1 unspecified atom stereocenters. The SMILES string of the molecule is CN(CC(C)(C)O)C(=O)C(Cc1ccccn1)CN1CCC2(CC1)OCc1ccc(F)cc12.O=C(O)CC(O)(CC(=O)O)C(=O)O. The standard InChI is InChI=1S/C26H34FN3O3.C6H8O7/c1-25(2,32)18-29(3)24(31)20(14-22-6-4-5-11-28-22)16-30-12-9-26(10-13-30)23-15-21(27)8-7-19(23)17-33-26;7-3(8)1-6(13,5(11)12)2-4(9)10/h4-8,11,15,20,32H,9-10,12-14,16-18H2,1-3H3;13H,1-2H2,(H,7,8)(H,9,10)(H,11,12). The Bertz CT molecular complexity index is 1370. The Labute approximate surface area is 266 Å². The highest BCUT2D eigenvalue weighted by atomic mass is 19.1. The Kier molecular flexibility index (Phi) is 12.0. The van der Waals surface area contributed by atoms with E-state index in [0.717, 1.165) is 42.8 Å². The van der Waals surface area contributed by atoms with Crippen LogP contribution >= 0.6 is 0 Å². The number of hydrogen-bond donors (Lipinski definition) is 5. The third-order valence-corrected chi connectivity index (χ3v) is 8.03. The van der Waals surface area contributed by atoms with Crippen molar-refractivity contribution in [3.63, 3.8) is 0 Å². The zero-order valence-electron chi connectivity index (χ0n) is 26.2. The molecule has 1 aromatic heterocycles. The molecule has 2 aliphatic heterocycles. The van der Waals surface area contributed by atoms with Crippen molar-refractivity contribution in [1.82, 2.24) is 14.8 Å². The minimum atomic E-state index is -2.74. The first-order valence-corrected chi connectivity index (χ1v) is 14.8. The number of hydrogen-bond acceptors (Lipinski definition) is 9. The van der Waals surface area contributed by atoms with Crippen molar-refractivity contribution in [3.05, 3.63) is 65.2 Å². The average molecular weight is 648 g/mol. The number of aromatic nitrogens is 1. The van der Waals surface area contributed by atoms with Crippen LogP contribution in [0.5, 0.6) is 0 Å². The molecule has 46 heavy (non-hydrogen) atoms. The summed E-state index contributed by atoms with van der Waals surface area (Å²) >= 11 is 0. The van der Waals surface area contributed by atoms with Gasteiger partial charge in [0, 0.05) is 51.5 Å². The van der Waals surface area contributed by atoms with Crippen molar-refractivity contribution in [1.29, 1.82) is 0 Å². The monoisotopic (exact) mass is 647 g/mol. The minimum Gasteiger partial charge on any atom is -0.481 e. The summed E-state index contributed by atoms with van der Waals surface area (Å²) in [5, 5.41) is 44.0. The second-order valence-electron chi connectivity index (χ2n) is 12.6. The number of ether oxygens (including phenoxy) is 1. The number of piperidine rings is 1. The van der Waals surface area contributed by atoms with Crippen molar-refractivity contribution in [2.24, 2.45) is 5.92 Å². The third-order valence-electron chi connectivity index (χ3n) is 8.03. The van der Waals surface area contributed by atoms with E-state index < -0.39 is 47.6 Å². The highest BCUT2D eigenvalue weighted by Gasteiger charge is 2.43. The van der Waals surface area contributed by atoms with Gasteiger partial charge in [0.1, 0.15) is 5.82 Å². The topological polar surface area (TPSA) is 198 Å². The van der Waals surface area contributed by atoms with E-state index in [1.54, 1.807) is 38.1 Å². The fourth-order valence-electron chi connectivity index (χ4n) is 5.90. The van der Waals surface area contributed by atoms with E-state index in [2.05, 4.69) is 9.88 Å². The summed E-state index contributed by atoms with van der Waals surface area (Å²) in [6.45, 7) is 6.36. The number of aliphatic carboxylic acids is 3. The molecule has 3 heterocycles. The Morgan fingerprint density at radius 1 is 1.04 bits per heavy atom. The van der Waals surface area contributed by atoms with Crippen LogP contribution in [0.3, 0.4) is 0 Å². The quantitative estimate of drug-likeness (QED) is 0.225. The minimum absolute atomic E-state index is 0.00704. The van der Waals surface area contributed by atoms with Crippen LogP contribution in [0.4, 0.5) is 4.39 Å². The lowest BCUT2D eigenvalue weighted by Crippen LogP contribution is -2.48. The highest BCUT2D eigenvalue weighted by molar-refractivity contribution is 5.88. The molecule has 0 radical (unpaired) electrons. The maximum absolute atomic E-state index is 13.9. The van der Waals surface area contributed by atoms with Crippen molar-refractivity contribution in [3.8, 4) is 0 Å². The average Bonchev–Trinajstić information content (AvgIpc) is 3.29. The molecule has 1 spiro atoms. The van der Waals surface area contributed by atoms with Gasteiger partial charge in [-0.05, 0) is 62.1 Å². The van der Waals surface area contributed by atoms with E-state index in [0.29, 0.717) is 19.6 Å². The molecule has 252 valence electrons. The second-order valence-corrected chi connectivity index (χ2v) is 12.6. The van der Waals surface area contributed by atoms with E-state index in [-0.39, 0.29) is 24.2 Å². The lowest BCUT2D eigenvalue weighted by molar-refractivity contribution is -0.170. The molecule has 14 heteroatoms. The number of likely N-dealkylation sites (tertiary alicyclic amines) is 1. The van der Waals surface area contributed by atoms with E-state index >= 15 is 0 Å². The number of carbonyl (C=O) groups is 4. The normalized spacial score (nSPS) is 16.6. The maximum Gasteiger partial charge on any atom is 0.336 e. The number of fused-ring (bicyclic) bond motifs is 2. The molecule has 0 aliphatic carbocycles. The smallest absolute Gasteiger partial charge is 0.336 e. The molecule has 2 aliphatic rings. The van der Waals surface area contributed by atoms with Gasteiger partial charge >= 0.3 is 17.9 Å². The molecule has 1 atom stereocenters. The molecule has 4 rings (SSSR count). The van der Waals surface area contributed by atoms with Crippen LogP contribution in [0, 0.1) is 11.7 Å². The first kappa shape index (κ1) is 36.5. The number of benzene rings is 1. The van der Waals surface area contributed by atoms with Crippen LogP contribution in [-0.4, -0.2) is 109 Å². The van der Waals surface area contributed by atoms with E-state index in [1.807, 2.05) is 24.3 Å². The number of nitrogens with zero attached hydrogens (tertiary/aromatic N) is 3. The summed E-state index contributed by atoms with van der Waals surface area (Å²) in [6, 6.07) is 10.7. The fraction of sp³-hybridized carbons (Fsp3) is 0.531. The van der Waals surface area contributed by atoms with E-state index in [4.69, 9.17) is 25.2 Å². The zero-order valence-corrected chi connectivity index (χ0v) is 26.2. The van der Waals surface area contributed by atoms with Crippen LogP contribution in [0.2, 0.25) is 0 Å². The maximum atomic E-state index is 13.9. The van der Waals surface area contributed by atoms with Gasteiger partial charge in [-0.15, -0.1) is 0 Å². The zero-order chi connectivity index (χ0) is 34.3. The molecule has 13 nitrogen and oxygen atoms in total. The molecular weight excluding hydrogens is 605 g/mol. The number of carboxylic acids is 3. The molecule has 0 saturated carbocycles. The van der Waals surface area contributed by atoms with Crippen molar-refractivity contribution >= 4 is 23.8 Å². The van der Waals surface area contributed by atoms with E-state index in [1.165, 1.54) is 6.07 Å². The third kappa shape index (κ3) is 10.0. The molecule has 1 amide bonds. The number of amides is 1. The lowest BCUT2D eigenvalue weighted by Gasteiger charge is -2.40. The van der Waals surface area contributed by atoms with Gasteiger partial charge in [-0.2, -0.15) is 0 Å². The Morgan fingerprint density at radius 3 is 2.20 bits per heavy atom. The summed E-state index contributed by atoms with van der Waals surface area (Å²) in [6.07, 6.45) is 1.54. The summed E-state index contributed by atoms with van der Waals surface area (Å²) in [7, 11) is 1.74. The molecule has 2 aromatic rings. The van der Waals surface area contributed by atoms with Gasteiger partial charge in [-0.3, -0.25) is 19.4 Å². The van der Waals surface area contributed by atoms with Crippen molar-refractivity contribution in [2.45, 2.75) is 69.4 Å². The van der Waals surface area contributed by atoms with Crippen LogP contribution in [0.1, 0.15) is 56.4 Å². The molecular formula is C32H42FN3O10. The first-order valence-electron chi connectivity index (χ1n) is 14.8. The van der Waals surface area contributed by atoms with Crippen LogP contribution in [0.25, 0.3) is 0 Å². The van der Waals surface area contributed by atoms with Gasteiger partial charge in [0.15, 0.2) is 5.60 Å². The summed E-state index contributed by atoms with van der Waals surface area (Å²) in [4.78, 5) is 52.2. The summed E-state index contributed by atoms with van der Waals surface area (Å²) in [5.41, 5.74) is -1.19.